The van der Waals surface area contributed by atoms with Gasteiger partial charge in [0, 0.05) is 29.7 Å². The van der Waals surface area contributed by atoms with Crippen molar-refractivity contribution in [2.45, 2.75) is 6.23 Å². The fraction of sp³-hybridized carbons (Fsp3) is 0.188. The lowest BCUT2D eigenvalue weighted by Gasteiger charge is -2.24. The van der Waals surface area contributed by atoms with E-state index in [1.165, 1.54) is 19.0 Å². The zero-order valence-electron chi connectivity index (χ0n) is 13.1. The molecule has 0 fully saturated rings. The van der Waals surface area contributed by atoms with Gasteiger partial charge in [-0.15, -0.1) is 4.52 Å². The van der Waals surface area contributed by atoms with Crippen LogP contribution in [0, 0.1) is 0 Å². The van der Waals surface area contributed by atoms with Gasteiger partial charge in [-0.05, 0) is 28.8 Å². The summed E-state index contributed by atoms with van der Waals surface area (Å²) in [7, 11) is 0.843. The second kappa shape index (κ2) is 8.45. The average molecular weight is 386 g/mol. The van der Waals surface area contributed by atoms with Crippen molar-refractivity contribution in [3.8, 4) is 0 Å². The molecule has 0 spiro atoms. The highest BCUT2D eigenvalue weighted by molar-refractivity contribution is 7.48. The number of amides is 2. The molecule has 2 aromatic rings. The lowest BCUT2D eigenvalue weighted by Crippen LogP contribution is -2.38. The number of rotatable bonds is 5. The Kier molecular flexibility index (Phi) is 6.58. The predicted molar refractivity (Wildman–Crippen MR) is 96.2 cm³/mol. The van der Waals surface area contributed by atoms with Crippen LogP contribution in [0.3, 0.4) is 0 Å². The molecule has 0 aliphatic heterocycles. The molecule has 0 aliphatic rings. The van der Waals surface area contributed by atoms with E-state index in [9.17, 15) is 9.36 Å². The van der Waals surface area contributed by atoms with Crippen LogP contribution >= 0.6 is 31.2 Å². The molecule has 0 saturated carbocycles. The Morgan fingerprint density at radius 1 is 1.21 bits per heavy atom. The molecule has 24 heavy (non-hydrogen) atoms. The molecule has 126 valence electrons. The second-order valence-corrected chi connectivity index (χ2v) is 6.97. The Morgan fingerprint density at radius 3 is 2.46 bits per heavy atom. The smallest absolute Gasteiger partial charge is 0.341 e. The normalized spacial score (nSPS) is 12.4. The molecule has 5 nitrogen and oxygen atoms in total. The van der Waals surface area contributed by atoms with E-state index < -0.39 is 20.3 Å². The van der Waals surface area contributed by atoms with Gasteiger partial charge in [0.15, 0.2) is 0 Å². The molecule has 2 aromatic carbocycles. The fourth-order valence-electron chi connectivity index (χ4n) is 2.02. The number of urea groups is 1. The van der Waals surface area contributed by atoms with Crippen LogP contribution in [0.2, 0.25) is 10.0 Å². The molecule has 2 amide bonds. The molecule has 0 saturated heterocycles. The van der Waals surface area contributed by atoms with Crippen molar-refractivity contribution in [2.75, 3.05) is 14.1 Å². The zero-order valence-corrected chi connectivity index (χ0v) is 15.5. The van der Waals surface area contributed by atoms with Gasteiger partial charge in [-0.2, -0.15) is 0 Å². The minimum absolute atomic E-state index is 0.319. The first-order chi connectivity index (χ1) is 11.4. The highest BCUT2D eigenvalue weighted by atomic mass is 35.5. The molecule has 8 heteroatoms. The maximum atomic E-state index is 12.5. The van der Waals surface area contributed by atoms with Crippen molar-refractivity contribution < 1.29 is 13.9 Å². The Labute approximate surface area is 151 Å². The molecule has 2 unspecified atom stereocenters. The summed E-state index contributed by atoms with van der Waals surface area (Å²) in [4.78, 5) is 13.3. The third-order valence-corrected chi connectivity index (χ3v) is 4.95. The number of carbonyl (C=O) groups is 1. The van der Waals surface area contributed by atoms with Crippen molar-refractivity contribution in [2.24, 2.45) is 0 Å². The van der Waals surface area contributed by atoms with Gasteiger partial charge in [0.1, 0.15) is 0 Å². The van der Waals surface area contributed by atoms with Gasteiger partial charge in [-0.25, -0.2) is 4.79 Å². The van der Waals surface area contributed by atoms with Gasteiger partial charge < -0.3 is 5.32 Å². The molecule has 0 radical (unpaired) electrons. The van der Waals surface area contributed by atoms with Crippen molar-refractivity contribution in [1.29, 1.82) is 0 Å². The van der Waals surface area contributed by atoms with Crippen LogP contribution in [0.5, 0.6) is 0 Å². The summed E-state index contributed by atoms with van der Waals surface area (Å²) < 4.78 is 18.2. The van der Waals surface area contributed by atoms with E-state index in [-0.39, 0.29) is 0 Å². The van der Waals surface area contributed by atoms with Gasteiger partial charge in [-0.3, -0.25) is 4.90 Å². The van der Waals surface area contributed by atoms with Crippen LogP contribution in [-0.4, -0.2) is 25.0 Å². The summed E-state index contributed by atoms with van der Waals surface area (Å²) in [6.07, 6.45) is -0.932. The third kappa shape index (κ3) is 4.46. The molecule has 0 bridgehead atoms. The second-order valence-electron chi connectivity index (χ2n) is 4.88. The van der Waals surface area contributed by atoms with Crippen LogP contribution in [0.25, 0.3) is 0 Å². The van der Waals surface area contributed by atoms with Gasteiger partial charge in [0.2, 0.25) is 11.5 Å². The minimum atomic E-state index is -2.18. The summed E-state index contributed by atoms with van der Waals surface area (Å²) in [6, 6.07) is 13.1. The molecule has 1 N–H and O–H groups in total. The fourth-order valence-corrected chi connectivity index (χ4v) is 3.50. The van der Waals surface area contributed by atoms with Crippen LogP contribution < -0.4 is 10.6 Å². The first-order valence-corrected chi connectivity index (χ1v) is 8.96. The number of benzene rings is 2. The largest absolute Gasteiger partial charge is 0.551 e. The van der Waals surface area contributed by atoms with Crippen molar-refractivity contribution in [3.05, 3.63) is 64.1 Å². The molecular formula is C16H16Cl2N2O3P+. The number of halogens is 2. The van der Waals surface area contributed by atoms with E-state index in [0.717, 1.165) is 0 Å². The topological polar surface area (TPSA) is 58.6 Å². The number of hydrogen-bond donors (Lipinski definition) is 1. The first-order valence-electron chi connectivity index (χ1n) is 7.02. The summed E-state index contributed by atoms with van der Waals surface area (Å²) >= 11 is 12.1. The van der Waals surface area contributed by atoms with E-state index in [0.29, 0.717) is 20.9 Å². The molecular weight excluding hydrogens is 370 g/mol. The van der Waals surface area contributed by atoms with Gasteiger partial charge in [0.25, 0.3) is 0 Å². The quantitative estimate of drug-likeness (QED) is 0.614. The van der Waals surface area contributed by atoms with Gasteiger partial charge in [-0.1, -0.05) is 47.5 Å². The van der Waals surface area contributed by atoms with Crippen LogP contribution in [0.15, 0.2) is 48.5 Å². The summed E-state index contributed by atoms with van der Waals surface area (Å²) in [5.74, 6) is 0. The summed E-state index contributed by atoms with van der Waals surface area (Å²) in [6.45, 7) is 0. The van der Waals surface area contributed by atoms with Crippen molar-refractivity contribution >= 4 is 42.6 Å². The van der Waals surface area contributed by atoms with E-state index in [1.54, 1.807) is 42.5 Å². The van der Waals surface area contributed by atoms with Crippen LogP contribution in [0.1, 0.15) is 11.8 Å². The Bertz CT molecular complexity index is 743. The van der Waals surface area contributed by atoms with Crippen molar-refractivity contribution in [1.82, 2.24) is 10.2 Å². The van der Waals surface area contributed by atoms with E-state index in [2.05, 4.69) is 5.32 Å². The lowest BCUT2D eigenvalue weighted by atomic mass is 10.2. The molecule has 0 aliphatic carbocycles. The highest BCUT2D eigenvalue weighted by Crippen LogP contribution is 2.37. The molecule has 2 rings (SSSR count). The highest BCUT2D eigenvalue weighted by Gasteiger charge is 2.34. The first kappa shape index (κ1) is 18.7. The van der Waals surface area contributed by atoms with Crippen LogP contribution in [0.4, 0.5) is 4.79 Å². The Morgan fingerprint density at radius 2 is 1.88 bits per heavy atom. The molecule has 0 aromatic heterocycles. The SMILES string of the molecule is CNC(=O)N(C)C(O[P+](=O)c1ccccc1)c1ccc(Cl)cc1Cl. The summed E-state index contributed by atoms with van der Waals surface area (Å²) in [5, 5.41) is 3.80. The van der Waals surface area contributed by atoms with Crippen molar-refractivity contribution in [3.63, 3.8) is 0 Å². The lowest BCUT2D eigenvalue weighted by molar-refractivity contribution is 0.0774. The molecule has 0 heterocycles. The van der Waals surface area contributed by atoms with E-state index in [1.807, 2.05) is 6.07 Å². The predicted octanol–water partition coefficient (Wildman–Crippen LogP) is 4.35. The Balaban J connectivity index is 2.36. The number of hydrogen-bond acceptors (Lipinski definition) is 3. The van der Waals surface area contributed by atoms with E-state index >= 15 is 0 Å². The maximum Gasteiger partial charge on any atom is 0.551 e. The average Bonchev–Trinajstić information content (AvgIpc) is 2.59. The third-order valence-electron chi connectivity index (χ3n) is 3.28. The van der Waals surface area contributed by atoms with Gasteiger partial charge in [0.05, 0.1) is 0 Å². The standard InChI is InChI=1S/C16H15Cl2N2O3P/c1-19-16(21)20(2)15(13-9-8-11(17)10-14(13)18)23-24(22)12-6-4-3-5-7-12/h3-10,15H,1-2H3/p+1. The maximum absolute atomic E-state index is 12.5. The number of nitrogens with zero attached hydrogens (tertiary/aromatic N) is 1. The zero-order chi connectivity index (χ0) is 17.7. The van der Waals surface area contributed by atoms with E-state index in [4.69, 9.17) is 27.7 Å². The minimum Gasteiger partial charge on any atom is -0.341 e. The number of nitrogens with one attached hydrogen (secondary N) is 1. The molecule has 2 atom stereocenters. The summed E-state index contributed by atoms with van der Waals surface area (Å²) in [5.41, 5.74) is 0.492. The number of carbonyl (C=O) groups excluding carboxylic acids is 1. The van der Waals surface area contributed by atoms with Gasteiger partial charge >= 0.3 is 14.1 Å². The monoisotopic (exact) mass is 385 g/mol. The van der Waals surface area contributed by atoms with Crippen LogP contribution in [-0.2, 0) is 9.09 Å². The Hall–Kier alpha value is -1.65.